The van der Waals surface area contributed by atoms with Crippen molar-refractivity contribution in [3.05, 3.63) is 46.1 Å². The molecular formula is C15H19N3O3. The molecule has 6 nitrogen and oxygen atoms in total. The summed E-state index contributed by atoms with van der Waals surface area (Å²) in [5.41, 5.74) is 1.47. The van der Waals surface area contributed by atoms with E-state index in [0.29, 0.717) is 29.5 Å². The van der Waals surface area contributed by atoms with Gasteiger partial charge in [0.2, 0.25) is 0 Å². The Morgan fingerprint density at radius 1 is 1.43 bits per heavy atom. The lowest BCUT2D eigenvalue weighted by atomic mass is 10.0. The van der Waals surface area contributed by atoms with Gasteiger partial charge in [-0.1, -0.05) is 6.92 Å². The Morgan fingerprint density at radius 2 is 2.24 bits per heavy atom. The molecule has 0 bridgehead atoms. The van der Waals surface area contributed by atoms with Crippen LogP contribution in [0.15, 0.2) is 30.5 Å². The smallest absolute Gasteiger partial charge is 0.281 e. The number of fused-ring (bicyclic) bond motifs is 1. The summed E-state index contributed by atoms with van der Waals surface area (Å²) in [6, 6.07) is 7.12. The SMILES string of the molecule is CCNC(COC)Cc1ccc2ncccc2c1[N+](=O)[O-]. The molecule has 0 amide bonds. The zero-order valence-corrected chi connectivity index (χ0v) is 12.2. The van der Waals surface area contributed by atoms with Gasteiger partial charge in [0, 0.05) is 24.9 Å². The number of hydrogen-bond donors (Lipinski definition) is 1. The van der Waals surface area contributed by atoms with Gasteiger partial charge in [0.25, 0.3) is 5.69 Å². The number of nitro groups is 1. The quantitative estimate of drug-likeness (QED) is 0.625. The molecule has 2 aromatic rings. The first-order chi connectivity index (χ1) is 10.2. The van der Waals surface area contributed by atoms with Gasteiger partial charge >= 0.3 is 0 Å². The fourth-order valence-corrected chi connectivity index (χ4v) is 2.51. The average molecular weight is 289 g/mol. The largest absolute Gasteiger partial charge is 0.383 e. The second-order valence-electron chi connectivity index (χ2n) is 4.81. The maximum Gasteiger partial charge on any atom is 0.281 e. The van der Waals surface area contributed by atoms with Crippen molar-refractivity contribution >= 4 is 16.6 Å². The number of nitro benzene ring substituents is 1. The molecule has 0 aliphatic heterocycles. The number of likely N-dealkylation sites (N-methyl/N-ethyl adjacent to an activating group) is 1. The highest BCUT2D eigenvalue weighted by Crippen LogP contribution is 2.29. The third-order valence-corrected chi connectivity index (χ3v) is 3.35. The molecule has 0 saturated heterocycles. The van der Waals surface area contributed by atoms with Crippen molar-refractivity contribution in [2.75, 3.05) is 20.3 Å². The van der Waals surface area contributed by atoms with Gasteiger partial charge in [-0.2, -0.15) is 0 Å². The van der Waals surface area contributed by atoms with Crippen molar-refractivity contribution in [3.63, 3.8) is 0 Å². The van der Waals surface area contributed by atoms with Crippen LogP contribution in [0.5, 0.6) is 0 Å². The number of benzene rings is 1. The monoisotopic (exact) mass is 289 g/mol. The third kappa shape index (κ3) is 3.53. The lowest BCUT2D eigenvalue weighted by Crippen LogP contribution is -2.35. The van der Waals surface area contributed by atoms with Gasteiger partial charge in [0.15, 0.2) is 0 Å². The van der Waals surface area contributed by atoms with Crippen LogP contribution in [-0.4, -0.2) is 36.2 Å². The maximum atomic E-state index is 11.5. The molecule has 0 saturated carbocycles. The van der Waals surface area contributed by atoms with Crippen LogP contribution in [0.1, 0.15) is 12.5 Å². The second-order valence-corrected chi connectivity index (χ2v) is 4.81. The summed E-state index contributed by atoms with van der Waals surface area (Å²) in [6.07, 6.45) is 2.18. The van der Waals surface area contributed by atoms with E-state index in [1.54, 1.807) is 31.5 Å². The van der Waals surface area contributed by atoms with Crippen LogP contribution in [0.3, 0.4) is 0 Å². The molecule has 1 heterocycles. The molecule has 0 spiro atoms. The molecule has 1 N–H and O–H groups in total. The summed E-state index contributed by atoms with van der Waals surface area (Å²) in [4.78, 5) is 15.3. The first-order valence-corrected chi connectivity index (χ1v) is 6.90. The average Bonchev–Trinajstić information content (AvgIpc) is 2.47. The molecule has 6 heteroatoms. The van der Waals surface area contributed by atoms with Crippen molar-refractivity contribution in [1.29, 1.82) is 0 Å². The van der Waals surface area contributed by atoms with Crippen LogP contribution < -0.4 is 5.32 Å². The summed E-state index contributed by atoms with van der Waals surface area (Å²) in [5, 5.41) is 15.3. The lowest BCUT2D eigenvalue weighted by Gasteiger charge is -2.17. The van der Waals surface area contributed by atoms with Crippen LogP contribution in [0.25, 0.3) is 10.9 Å². The van der Waals surface area contributed by atoms with E-state index in [-0.39, 0.29) is 16.7 Å². The van der Waals surface area contributed by atoms with E-state index in [1.807, 2.05) is 13.0 Å². The van der Waals surface area contributed by atoms with Crippen LogP contribution in [-0.2, 0) is 11.2 Å². The molecule has 0 aliphatic rings. The van der Waals surface area contributed by atoms with Crippen molar-refractivity contribution in [3.8, 4) is 0 Å². The number of hydrogen-bond acceptors (Lipinski definition) is 5. The summed E-state index contributed by atoms with van der Waals surface area (Å²) in [7, 11) is 1.63. The van der Waals surface area contributed by atoms with E-state index >= 15 is 0 Å². The summed E-state index contributed by atoms with van der Waals surface area (Å²) in [5.74, 6) is 0. The van der Waals surface area contributed by atoms with Gasteiger partial charge in [0.1, 0.15) is 0 Å². The Balaban J connectivity index is 2.42. The highest BCUT2D eigenvalue weighted by atomic mass is 16.6. The van der Waals surface area contributed by atoms with Gasteiger partial charge in [-0.25, -0.2) is 0 Å². The van der Waals surface area contributed by atoms with Crippen molar-refractivity contribution < 1.29 is 9.66 Å². The molecular weight excluding hydrogens is 270 g/mol. The minimum absolute atomic E-state index is 0.0489. The van der Waals surface area contributed by atoms with Gasteiger partial charge in [0.05, 0.1) is 22.4 Å². The van der Waals surface area contributed by atoms with Gasteiger partial charge in [-0.15, -0.1) is 0 Å². The van der Waals surface area contributed by atoms with Gasteiger partial charge in [-0.05, 0) is 37.2 Å². The fourth-order valence-electron chi connectivity index (χ4n) is 2.51. The van der Waals surface area contributed by atoms with E-state index in [9.17, 15) is 10.1 Å². The molecule has 1 aromatic heterocycles. The van der Waals surface area contributed by atoms with Crippen LogP contribution >= 0.6 is 0 Å². The van der Waals surface area contributed by atoms with Crippen LogP contribution in [0, 0.1) is 10.1 Å². The van der Waals surface area contributed by atoms with Gasteiger partial charge < -0.3 is 10.1 Å². The van der Waals surface area contributed by atoms with Crippen molar-refractivity contribution in [2.45, 2.75) is 19.4 Å². The van der Waals surface area contributed by atoms with E-state index in [1.165, 1.54) is 0 Å². The normalized spacial score (nSPS) is 12.5. The molecule has 1 aromatic carbocycles. The minimum atomic E-state index is -0.324. The van der Waals surface area contributed by atoms with E-state index in [2.05, 4.69) is 10.3 Å². The minimum Gasteiger partial charge on any atom is -0.383 e. The second kappa shape index (κ2) is 7.10. The molecule has 1 atom stereocenters. The molecule has 0 aliphatic carbocycles. The van der Waals surface area contributed by atoms with Crippen molar-refractivity contribution in [2.24, 2.45) is 0 Å². The van der Waals surface area contributed by atoms with E-state index in [0.717, 1.165) is 6.54 Å². The Bertz CT molecular complexity index is 625. The summed E-state index contributed by atoms with van der Waals surface area (Å²) in [6.45, 7) is 3.30. The number of pyridine rings is 1. The standard InChI is InChI=1S/C15H19N3O3/c1-3-16-12(10-21-2)9-11-6-7-14-13(5-4-8-17-14)15(11)18(19)20/h4-8,12,16H,3,9-10H2,1-2H3. The number of ether oxygens (including phenoxy) is 1. The molecule has 1 unspecified atom stereocenters. The molecule has 21 heavy (non-hydrogen) atoms. The number of aromatic nitrogens is 1. The Morgan fingerprint density at radius 3 is 2.90 bits per heavy atom. The Labute approximate surface area is 123 Å². The topological polar surface area (TPSA) is 77.3 Å². The predicted octanol–water partition coefficient (Wildman–Crippen LogP) is 2.31. The molecule has 0 fully saturated rings. The first kappa shape index (κ1) is 15.3. The first-order valence-electron chi connectivity index (χ1n) is 6.90. The van der Waals surface area contributed by atoms with E-state index in [4.69, 9.17) is 4.74 Å². The fraction of sp³-hybridized carbons (Fsp3) is 0.400. The zero-order valence-electron chi connectivity index (χ0n) is 12.2. The highest BCUT2D eigenvalue weighted by molar-refractivity contribution is 5.89. The van der Waals surface area contributed by atoms with Crippen LogP contribution in [0.4, 0.5) is 5.69 Å². The highest BCUT2D eigenvalue weighted by Gasteiger charge is 2.21. The molecule has 0 radical (unpaired) electrons. The van der Waals surface area contributed by atoms with Crippen molar-refractivity contribution in [1.82, 2.24) is 10.3 Å². The summed E-state index contributed by atoms with van der Waals surface area (Å²) < 4.78 is 5.17. The number of methoxy groups -OCH3 is 1. The maximum absolute atomic E-state index is 11.5. The van der Waals surface area contributed by atoms with Crippen LogP contribution in [0.2, 0.25) is 0 Å². The lowest BCUT2D eigenvalue weighted by molar-refractivity contribution is -0.383. The molecule has 112 valence electrons. The Kier molecular flexibility index (Phi) is 5.19. The predicted molar refractivity (Wildman–Crippen MR) is 81.4 cm³/mol. The number of nitrogens with zero attached hydrogens (tertiary/aromatic N) is 2. The Hall–Kier alpha value is -2.05. The molecule has 2 rings (SSSR count). The van der Waals surface area contributed by atoms with Gasteiger partial charge in [-0.3, -0.25) is 15.1 Å². The number of nitrogens with one attached hydrogen (secondary N) is 1. The zero-order chi connectivity index (χ0) is 15.2. The third-order valence-electron chi connectivity index (χ3n) is 3.35. The van der Waals surface area contributed by atoms with E-state index < -0.39 is 0 Å². The summed E-state index contributed by atoms with van der Waals surface area (Å²) >= 11 is 0. The number of rotatable bonds is 7.